The third kappa shape index (κ3) is 10.4. The van der Waals surface area contributed by atoms with E-state index in [1.54, 1.807) is 0 Å². The lowest BCUT2D eigenvalue weighted by atomic mass is 9.93. The first-order chi connectivity index (χ1) is 11.6. The summed E-state index contributed by atoms with van der Waals surface area (Å²) in [7, 11) is 0. The average molecular weight is 353 g/mol. The lowest BCUT2D eigenvalue weighted by Gasteiger charge is -2.41. The molecule has 0 N–H and O–H groups in total. The maximum absolute atomic E-state index is 5.98. The van der Waals surface area contributed by atoms with Crippen molar-refractivity contribution in [2.24, 2.45) is 17.3 Å². The van der Waals surface area contributed by atoms with E-state index in [0.717, 1.165) is 37.9 Å². The Balaban J connectivity index is 2.15. The van der Waals surface area contributed by atoms with Crippen LogP contribution in [0, 0.1) is 17.3 Å². The van der Waals surface area contributed by atoms with Crippen molar-refractivity contribution in [2.75, 3.05) is 13.2 Å². The van der Waals surface area contributed by atoms with Crippen LogP contribution in [0.2, 0.25) is 0 Å². The summed E-state index contributed by atoms with van der Waals surface area (Å²) in [4.78, 5) is 0. The molecule has 0 aromatic carbocycles. The van der Waals surface area contributed by atoms with Gasteiger partial charge in [-0.15, -0.1) is 0 Å². The molecular formula is C23H44O2. The van der Waals surface area contributed by atoms with Crippen LogP contribution in [-0.2, 0) is 9.47 Å². The van der Waals surface area contributed by atoms with Gasteiger partial charge in [0, 0.05) is 11.8 Å². The van der Waals surface area contributed by atoms with Crippen molar-refractivity contribution in [1.82, 2.24) is 0 Å². The van der Waals surface area contributed by atoms with Crippen LogP contribution in [0.25, 0.3) is 0 Å². The highest BCUT2D eigenvalue weighted by Gasteiger charge is 2.36. The first-order valence-electron chi connectivity index (χ1n) is 10.6. The van der Waals surface area contributed by atoms with Gasteiger partial charge in [-0.1, -0.05) is 72.0 Å². The van der Waals surface area contributed by atoms with Gasteiger partial charge >= 0.3 is 0 Å². The maximum atomic E-state index is 5.98. The standard InChI is InChI=1S/C23H44O2/c1-19(2)11-8-12-20(3)13-9-14-21(4)15-10-16-23(7)24-17-22(5,6)18-25-23/h15,19-20H,8-14,16-18H2,1-7H3/b21-15-/t20-/m1/s1. The lowest BCUT2D eigenvalue weighted by molar-refractivity contribution is -0.291. The molecule has 1 saturated heterocycles. The average Bonchev–Trinajstić information content (AvgIpc) is 2.50. The highest BCUT2D eigenvalue weighted by molar-refractivity contribution is 4.98. The molecule has 25 heavy (non-hydrogen) atoms. The minimum Gasteiger partial charge on any atom is -0.350 e. The highest BCUT2D eigenvalue weighted by atomic mass is 16.7. The first-order valence-corrected chi connectivity index (χ1v) is 10.6. The molecule has 0 aromatic heterocycles. The smallest absolute Gasteiger partial charge is 0.165 e. The molecule has 1 aliphatic heterocycles. The summed E-state index contributed by atoms with van der Waals surface area (Å²) in [5, 5.41) is 0. The lowest BCUT2D eigenvalue weighted by Crippen LogP contribution is -2.45. The zero-order chi connectivity index (χ0) is 18.9. The number of ether oxygens (including phenoxy) is 2. The third-order valence-electron chi connectivity index (χ3n) is 5.37. The molecule has 0 radical (unpaired) electrons. The fraction of sp³-hybridized carbons (Fsp3) is 0.913. The van der Waals surface area contributed by atoms with E-state index in [0.29, 0.717) is 0 Å². The Morgan fingerprint density at radius 1 is 0.960 bits per heavy atom. The monoisotopic (exact) mass is 352 g/mol. The van der Waals surface area contributed by atoms with Crippen molar-refractivity contribution >= 4 is 0 Å². The van der Waals surface area contributed by atoms with Crippen molar-refractivity contribution < 1.29 is 9.47 Å². The topological polar surface area (TPSA) is 18.5 Å². The molecule has 1 rings (SSSR count). The molecule has 1 aliphatic rings. The summed E-state index contributed by atoms with van der Waals surface area (Å²) in [6.07, 6.45) is 12.5. The van der Waals surface area contributed by atoms with E-state index in [1.165, 1.54) is 44.1 Å². The van der Waals surface area contributed by atoms with Gasteiger partial charge < -0.3 is 9.47 Å². The summed E-state index contributed by atoms with van der Waals surface area (Å²) in [5.41, 5.74) is 1.67. The molecule has 0 bridgehead atoms. The molecule has 1 atom stereocenters. The van der Waals surface area contributed by atoms with E-state index in [1.807, 2.05) is 0 Å². The van der Waals surface area contributed by atoms with Gasteiger partial charge in [-0.3, -0.25) is 0 Å². The molecule has 2 heteroatoms. The molecule has 2 nitrogen and oxygen atoms in total. The van der Waals surface area contributed by atoms with Crippen LogP contribution < -0.4 is 0 Å². The van der Waals surface area contributed by atoms with Gasteiger partial charge in [0.25, 0.3) is 0 Å². The van der Waals surface area contributed by atoms with E-state index >= 15 is 0 Å². The van der Waals surface area contributed by atoms with E-state index in [4.69, 9.17) is 9.47 Å². The van der Waals surface area contributed by atoms with Gasteiger partial charge in [0.15, 0.2) is 5.79 Å². The van der Waals surface area contributed by atoms with E-state index in [-0.39, 0.29) is 5.41 Å². The molecule has 148 valence electrons. The number of allylic oxidation sites excluding steroid dienone is 2. The molecule has 0 spiro atoms. The second kappa shape index (κ2) is 10.7. The minimum absolute atomic E-state index is 0.150. The highest BCUT2D eigenvalue weighted by Crippen LogP contribution is 2.32. The SMILES string of the molecule is C/C(=C/CCC1(C)OCC(C)(C)CO1)CCC[C@H](C)CCCC(C)C. The molecule has 1 fully saturated rings. The van der Waals surface area contributed by atoms with Crippen LogP contribution in [0.15, 0.2) is 11.6 Å². The Morgan fingerprint density at radius 2 is 1.56 bits per heavy atom. The van der Waals surface area contributed by atoms with Crippen molar-refractivity contribution in [3.63, 3.8) is 0 Å². The summed E-state index contributed by atoms with van der Waals surface area (Å²) in [6, 6.07) is 0. The Hall–Kier alpha value is -0.340. The Bertz CT molecular complexity index is 385. The molecule has 0 unspecified atom stereocenters. The van der Waals surface area contributed by atoms with Gasteiger partial charge in [0.1, 0.15) is 0 Å². The Labute approximate surface area is 157 Å². The Morgan fingerprint density at radius 3 is 2.16 bits per heavy atom. The minimum atomic E-state index is -0.392. The van der Waals surface area contributed by atoms with Gasteiger partial charge in [-0.2, -0.15) is 0 Å². The van der Waals surface area contributed by atoms with Gasteiger partial charge in [0.2, 0.25) is 0 Å². The molecule has 0 saturated carbocycles. The van der Waals surface area contributed by atoms with Crippen molar-refractivity contribution in [3.05, 3.63) is 11.6 Å². The van der Waals surface area contributed by atoms with Gasteiger partial charge in [0.05, 0.1) is 13.2 Å². The van der Waals surface area contributed by atoms with Crippen LogP contribution in [0.3, 0.4) is 0 Å². The zero-order valence-electron chi connectivity index (χ0n) is 18.1. The van der Waals surface area contributed by atoms with E-state index in [2.05, 4.69) is 54.5 Å². The number of hydrogen-bond donors (Lipinski definition) is 0. The molecule has 0 amide bonds. The van der Waals surface area contributed by atoms with Gasteiger partial charge in [-0.05, 0) is 44.9 Å². The fourth-order valence-electron chi connectivity index (χ4n) is 3.35. The van der Waals surface area contributed by atoms with Crippen LogP contribution in [-0.4, -0.2) is 19.0 Å². The third-order valence-corrected chi connectivity index (χ3v) is 5.37. The summed E-state index contributed by atoms with van der Waals surface area (Å²) in [5.74, 6) is 1.33. The zero-order valence-corrected chi connectivity index (χ0v) is 18.1. The quantitative estimate of drug-likeness (QED) is 0.368. The van der Waals surface area contributed by atoms with Crippen LogP contribution in [0.1, 0.15) is 99.8 Å². The number of rotatable bonds is 11. The van der Waals surface area contributed by atoms with Crippen LogP contribution >= 0.6 is 0 Å². The normalized spacial score (nSPS) is 21.5. The molecule has 1 heterocycles. The maximum Gasteiger partial charge on any atom is 0.165 e. The van der Waals surface area contributed by atoms with Crippen molar-refractivity contribution in [2.45, 2.75) is 106 Å². The van der Waals surface area contributed by atoms with Crippen LogP contribution in [0.5, 0.6) is 0 Å². The van der Waals surface area contributed by atoms with E-state index in [9.17, 15) is 0 Å². The van der Waals surface area contributed by atoms with Crippen molar-refractivity contribution in [3.8, 4) is 0 Å². The summed E-state index contributed by atoms with van der Waals surface area (Å²) in [6.45, 7) is 17.4. The largest absolute Gasteiger partial charge is 0.350 e. The van der Waals surface area contributed by atoms with Crippen LogP contribution in [0.4, 0.5) is 0 Å². The van der Waals surface area contributed by atoms with Gasteiger partial charge in [-0.25, -0.2) is 0 Å². The summed E-state index contributed by atoms with van der Waals surface area (Å²) < 4.78 is 12.0. The number of hydrogen-bond acceptors (Lipinski definition) is 2. The second-order valence-electron chi connectivity index (χ2n) is 9.79. The van der Waals surface area contributed by atoms with Crippen molar-refractivity contribution in [1.29, 1.82) is 0 Å². The molecular weight excluding hydrogens is 308 g/mol. The predicted octanol–water partition coefficient (Wildman–Crippen LogP) is 7.13. The predicted molar refractivity (Wildman–Crippen MR) is 109 cm³/mol. The Kier molecular flexibility index (Phi) is 9.74. The first kappa shape index (κ1) is 22.7. The fourth-order valence-corrected chi connectivity index (χ4v) is 3.35. The molecule has 0 aliphatic carbocycles. The van der Waals surface area contributed by atoms with E-state index < -0.39 is 5.79 Å². The second-order valence-corrected chi connectivity index (χ2v) is 9.79. The summed E-state index contributed by atoms with van der Waals surface area (Å²) >= 11 is 0. The molecule has 0 aromatic rings.